The quantitative estimate of drug-likeness (QED) is 0.0929. The van der Waals surface area contributed by atoms with Gasteiger partial charge in [0.15, 0.2) is 17.6 Å². The maximum atomic E-state index is 11.1. The minimum Gasteiger partial charge on any atom is -0.504 e. The van der Waals surface area contributed by atoms with Crippen LogP contribution in [0.4, 0.5) is 0 Å². The normalized spacial score (nSPS) is 21.3. The third-order valence-corrected chi connectivity index (χ3v) is 2.54. The van der Waals surface area contributed by atoms with Crippen LogP contribution in [0.25, 0.3) is 0 Å². The highest BCUT2D eigenvalue weighted by Gasteiger charge is 2.52. The van der Waals surface area contributed by atoms with Gasteiger partial charge in [0.1, 0.15) is 0 Å². The molecular weight excluding hydrogens is 252 g/mol. The average molecular weight is 260 g/mol. The number of fused-ring (bicyclic) bond motifs is 1. The van der Waals surface area contributed by atoms with E-state index in [1.165, 1.54) is 0 Å². The molecule has 1 aromatic carbocycles. The Morgan fingerprint density at radius 1 is 0.944 bits per heavy atom. The van der Waals surface area contributed by atoms with Gasteiger partial charge in [0, 0.05) is 0 Å². The van der Waals surface area contributed by atoms with E-state index in [4.69, 9.17) is 0 Å². The number of aromatic hydroxyl groups is 4. The zero-order valence-corrected chi connectivity index (χ0v) is 8.52. The Morgan fingerprint density at radius 2 is 1.44 bits per heavy atom. The summed E-state index contributed by atoms with van der Waals surface area (Å²) in [4.78, 5) is 11.1. The Labute approximate surface area is 98.4 Å². The van der Waals surface area contributed by atoms with Crippen LogP contribution in [0, 0.1) is 0 Å². The molecule has 0 aliphatic carbocycles. The van der Waals surface area contributed by atoms with E-state index < -0.39 is 52.2 Å². The monoisotopic (exact) mass is 260 g/mol. The van der Waals surface area contributed by atoms with Gasteiger partial charge >= 0.3 is 5.97 Å². The molecule has 1 aliphatic heterocycles. The number of aliphatic hydroxyl groups excluding tert-OH is 1. The lowest BCUT2D eigenvalue weighted by molar-refractivity contribution is -0.241. The first-order valence-corrected chi connectivity index (χ1v) is 4.54. The second-order valence-corrected chi connectivity index (χ2v) is 3.66. The number of hydrogen-bond donors (Lipinski definition) is 7. The number of phenolic OH excluding ortho intramolecular Hbond substituents is 4. The maximum Gasteiger partial charge on any atom is 0.375 e. The van der Waals surface area contributed by atoms with Gasteiger partial charge in [0.2, 0.25) is 17.2 Å². The van der Waals surface area contributed by atoms with Crippen LogP contribution in [0.1, 0.15) is 11.7 Å². The molecule has 0 bridgehead atoms. The zero-order chi connectivity index (χ0) is 13.8. The number of esters is 1. The van der Waals surface area contributed by atoms with E-state index in [1.807, 2.05) is 0 Å². The smallest absolute Gasteiger partial charge is 0.375 e. The molecule has 0 radical (unpaired) electrons. The Hall–Kier alpha value is -2.23. The van der Waals surface area contributed by atoms with Crippen LogP contribution in [-0.2, 0) is 4.79 Å². The van der Waals surface area contributed by atoms with Gasteiger partial charge in [-0.1, -0.05) is 0 Å². The second kappa shape index (κ2) is 3.38. The minimum absolute atomic E-state index is 0.840. The van der Waals surface area contributed by atoms with E-state index in [1.54, 1.807) is 0 Å². The van der Waals surface area contributed by atoms with Crippen molar-refractivity contribution in [2.75, 3.05) is 0 Å². The van der Waals surface area contributed by atoms with Gasteiger partial charge in [0.05, 0.1) is 5.56 Å². The lowest BCUT2D eigenvalue weighted by atomic mass is 9.95. The predicted octanol–water partition coefficient (Wildman–Crippen LogP) is -1.86. The number of aliphatic hydroxyl groups is 3. The molecule has 0 fully saturated rings. The van der Waals surface area contributed by atoms with Crippen LogP contribution in [0.15, 0.2) is 0 Å². The molecule has 1 aromatic rings. The van der Waals surface area contributed by atoms with E-state index in [2.05, 4.69) is 4.74 Å². The fourth-order valence-electron chi connectivity index (χ4n) is 1.53. The number of carbonyl (C=O) groups excluding carboxylic acids is 1. The van der Waals surface area contributed by atoms with Gasteiger partial charge < -0.3 is 40.5 Å². The molecule has 7 N–H and O–H groups in total. The molecule has 1 atom stereocenters. The highest BCUT2D eigenvalue weighted by atomic mass is 16.6. The number of ether oxygens (including phenoxy) is 1. The van der Waals surface area contributed by atoms with Crippen molar-refractivity contribution in [2.24, 2.45) is 0 Å². The number of benzene rings is 1. The number of rotatable bonds is 0. The first kappa shape index (κ1) is 12.2. The SMILES string of the molecule is O=C1Oc2c(O)c(O)c(O)c(O)c2C(O)C1(O)O. The molecule has 0 spiro atoms. The molecule has 0 aromatic heterocycles. The largest absolute Gasteiger partial charge is 0.504 e. The van der Waals surface area contributed by atoms with Crippen LogP contribution in [0.5, 0.6) is 28.7 Å². The van der Waals surface area contributed by atoms with E-state index in [9.17, 15) is 40.5 Å². The fraction of sp³-hybridized carbons (Fsp3) is 0.222. The van der Waals surface area contributed by atoms with Crippen LogP contribution < -0.4 is 4.74 Å². The first-order chi connectivity index (χ1) is 8.19. The standard InChI is InChI=1S/C9H8O9/c10-2-1-6(5(13)4(12)3(2)11)18-8(15)9(16,17)7(1)14/h7,10-14,16-17H. The highest BCUT2D eigenvalue weighted by Crippen LogP contribution is 2.56. The van der Waals surface area contributed by atoms with Gasteiger partial charge in [0.25, 0.3) is 5.79 Å². The van der Waals surface area contributed by atoms with Gasteiger partial charge in [-0.2, -0.15) is 0 Å². The molecule has 1 heterocycles. The lowest BCUT2D eigenvalue weighted by Crippen LogP contribution is -2.50. The summed E-state index contributed by atoms with van der Waals surface area (Å²) in [6, 6.07) is 0. The molecule has 1 aliphatic rings. The van der Waals surface area contributed by atoms with Crippen molar-refractivity contribution in [1.29, 1.82) is 0 Å². The summed E-state index contributed by atoms with van der Waals surface area (Å²) in [5.74, 6) is -10.6. The summed E-state index contributed by atoms with van der Waals surface area (Å²) in [5, 5.41) is 65.2. The summed E-state index contributed by atoms with van der Waals surface area (Å²) >= 11 is 0. The van der Waals surface area contributed by atoms with Crippen molar-refractivity contribution in [2.45, 2.75) is 11.9 Å². The molecule has 9 nitrogen and oxygen atoms in total. The summed E-state index contributed by atoms with van der Waals surface area (Å²) in [5.41, 5.74) is -0.840. The maximum absolute atomic E-state index is 11.1. The number of phenols is 4. The molecule has 0 amide bonds. The first-order valence-electron chi connectivity index (χ1n) is 4.54. The Balaban J connectivity index is 2.80. The number of hydrogen-bond acceptors (Lipinski definition) is 9. The van der Waals surface area contributed by atoms with E-state index in [0.717, 1.165) is 0 Å². The van der Waals surface area contributed by atoms with E-state index in [-0.39, 0.29) is 0 Å². The van der Waals surface area contributed by atoms with Crippen LogP contribution in [-0.4, -0.2) is 47.5 Å². The molecule has 2 rings (SSSR count). The predicted molar refractivity (Wildman–Crippen MR) is 50.9 cm³/mol. The minimum atomic E-state index is -3.36. The van der Waals surface area contributed by atoms with Crippen LogP contribution in [0.3, 0.4) is 0 Å². The van der Waals surface area contributed by atoms with Gasteiger partial charge in [-0.05, 0) is 0 Å². The molecular formula is C9H8O9. The molecule has 18 heavy (non-hydrogen) atoms. The molecule has 9 heteroatoms. The van der Waals surface area contributed by atoms with Crippen molar-refractivity contribution in [1.82, 2.24) is 0 Å². The van der Waals surface area contributed by atoms with Crippen molar-refractivity contribution >= 4 is 5.97 Å². The average Bonchev–Trinajstić information content (AvgIpc) is 2.31. The third-order valence-electron chi connectivity index (χ3n) is 2.54. The topological polar surface area (TPSA) is 168 Å². The van der Waals surface area contributed by atoms with E-state index >= 15 is 0 Å². The summed E-state index contributed by atoms with van der Waals surface area (Å²) < 4.78 is 4.28. The summed E-state index contributed by atoms with van der Waals surface area (Å²) in [6.45, 7) is 0. The molecule has 98 valence electrons. The lowest BCUT2D eigenvalue weighted by Gasteiger charge is -2.32. The Morgan fingerprint density at radius 3 is 2.00 bits per heavy atom. The fourth-order valence-corrected chi connectivity index (χ4v) is 1.53. The van der Waals surface area contributed by atoms with Gasteiger partial charge in [-0.3, -0.25) is 0 Å². The van der Waals surface area contributed by atoms with Crippen molar-refractivity contribution in [3.05, 3.63) is 5.56 Å². The van der Waals surface area contributed by atoms with Crippen molar-refractivity contribution in [3.63, 3.8) is 0 Å². The molecule has 1 unspecified atom stereocenters. The molecule has 0 saturated carbocycles. The zero-order valence-electron chi connectivity index (χ0n) is 8.52. The van der Waals surface area contributed by atoms with Crippen LogP contribution >= 0.6 is 0 Å². The third kappa shape index (κ3) is 1.29. The van der Waals surface area contributed by atoms with Gasteiger partial charge in [-0.15, -0.1) is 0 Å². The Kier molecular flexibility index (Phi) is 2.30. The summed E-state index contributed by atoms with van der Waals surface area (Å²) in [7, 11) is 0. The van der Waals surface area contributed by atoms with E-state index in [0.29, 0.717) is 0 Å². The van der Waals surface area contributed by atoms with Crippen molar-refractivity contribution in [3.8, 4) is 28.7 Å². The van der Waals surface area contributed by atoms with Crippen LogP contribution in [0.2, 0.25) is 0 Å². The van der Waals surface area contributed by atoms with Crippen molar-refractivity contribution < 1.29 is 45.3 Å². The van der Waals surface area contributed by atoms with Gasteiger partial charge in [-0.25, -0.2) is 4.79 Å². The number of carbonyl (C=O) groups is 1. The summed E-state index contributed by atoms with van der Waals surface area (Å²) in [6.07, 6.45) is -2.38. The highest BCUT2D eigenvalue weighted by molar-refractivity contribution is 5.86. The second-order valence-electron chi connectivity index (χ2n) is 3.66. The Bertz CT molecular complexity index is 548. The molecule has 0 saturated heterocycles.